The average Bonchev–Trinajstić information content (AvgIpc) is 1.30. The molecule has 0 aliphatic heterocycles. The van der Waals surface area contributed by atoms with E-state index in [-0.39, 0.29) is 138 Å². The standard InChI is InChI=1S/C63H70BrClF4N13O11S2.Na.H2O/c1-62(2,3)33-74-58(88)45(19-21-49(85)92-29-30-93-80-56(86)37-32-47-35(23-27-82(47)7)51(69)52(37)75-42-17-16-34(64)31-38(42)65)77-59(89)46(76-57(87)41(70)14-10-28-83)18-20-48(84)71-25-26-73-61-72-24-22-44(78-61)54-53(79-60(94-54)63(4,5)6)36-11-8-15-43(50(36)68)81-95(90,91)55-39(66)12-9-13-40(55)67;;/h8-9,11-13,15-17,22-24,27,31-32,41,45-46,75,81H,10,14,18-21,25-26,29-30,33,70H2,1-7H3,(H,71,84)(H,74,88)(H,76,87)(H,77,89)(H,80,86)(H,72,73,78);;1H2/q-1;+1;/p-1/t41-,45-,46-;;/m0../s1. The summed E-state index contributed by atoms with van der Waals surface area (Å²) in [6.45, 7) is 10.6. The Morgan fingerprint density at radius 3 is 2.18 bits per heavy atom. The number of nitrogens with zero attached hydrogens (tertiary/aromatic N) is 4. The van der Waals surface area contributed by atoms with E-state index < -0.39 is 121 Å². The number of aromatic nitrogens is 4. The normalized spacial score (nSPS) is 12.4. The predicted molar refractivity (Wildman–Crippen MR) is 355 cm³/mol. The molecule has 0 unspecified atom stereocenters. The van der Waals surface area contributed by atoms with E-state index in [2.05, 4.69) is 63.3 Å². The molecule has 25 nitrogen and oxygen atoms in total. The Bertz CT molecular complexity index is 4100. The van der Waals surface area contributed by atoms with Crippen molar-refractivity contribution in [2.24, 2.45) is 18.2 Å². The number of halogens is 6. The van der Waals surface area contributed by atoms with Crippen molar-refractivity contribution >= 4 is 125 Å². The Morgan fingerprint density at radius 1 is 0.814 bits per heavy atom. The van der Waals surface area contributed by atoms with Crippen LogP contribution in [0.2, 0.25) is 5.02 Å². The van der Waals surface area contributed by atoms with Gasteiger partial charge in [-0.05, 0) is 78.9 Å². The van der Waals surface area contributed by atoms with Gasteiger partial charge < -0.3 is 57.2 Å². The minimum Gasteiger partial charge on any atom is -0.870 e. The summed E-state index contributed by atoms with van der Waals surface area (Å²) in [6, 6.07) is 11.6. The molecule has 0 saturated heterocycles. The third-order valence-corrected chi connectivity index (χ3v) is 17.7. The molecule has 5 amide bonds. The predicted octanol–water partition coefficient (Wildman–Crippen LogP) is 5.74. The van der Waals surface area contributed by atoms with Gasteiger partial charge in [0.2, 0.25) is 29.6 Å². The summed E-state index contributed by atoms with van der Waals surface area (Å²) in [7, 11) is -3.28. The molecule has 4 aromatic carbocycles. The molecule has 7 rings (SSSR count). The van der Waals surface area contributed by atoms with Crippen molar-refractivity contribution in [2.75, 3.05) is 48.2 Å². The van der Waals surface area contributed by atoms with E-state index in [0.29, 0.717) is 25.6 Å². The largest absolute Gasteiger partial charge is 1.00 e. The molecular weight excluding hydrogens is 1410 g/mol. The number of fused-ring (bicyclic) bond motifs is 1. The number of anilines is 4. The van der Waals surface area contributed by atoms with Gasteiger partial charge in [-0.3, -0.25) is 44.6 Å². The topological polar surface area (TPSA) is 368 Å². The molecule has 0 saturated carbocycles. The Kier molecular flexibility index (Phi) is 29.5. The molecule has 97 heavy (non-hydrogen) atoms. The van der Waals surface area contributed by atoms with Crippen molar-refractivity contribution in [3.8, 4) is 21.8 Å². The van der Waals surface area contributed by atoms with Crippen LogP contribution in [-0.2, 0) is 60.8 Å². The first-order valence-corrected chi connectivity index (χ1v) is 33.0. The summed E-state index contributed by atoms with van der Waals surface area (Å²) in [5.41, 5.74) is 7.24. The maximum atomic E-state index is 16.5. The zero-order chi connectivity index (χ0) is 69.5. The van der Waals surface area contributed by atoms with Gasteiger partial charge in [-0.2, -0.15) is 6.42 Å². The summed E-state index contributed by atoms with van der Waals surface area (Å²) in [4.78, 5) is 110. The summed E-state index contributed by atoms with van der Waals surface area (Å²) < 4.78 is 97.5. The number of carbonyl (C=O) groups is 6. The van der Waals surface area contributed by atoms with Gasteiger partial charge in [-0.1, -0.05) is 87.6 Å². The van der Waals surface area contributed by atoms with Crippen molar-refractivity contribution in [1.82, 2.24) is 46.3 Å². The molecule has 0 radical (unpaired) electrons. The molecule has 3 heterocycles. The number of amides is 5. The van der Waals surface area contributed by atoms with Crippen LogP contribution in [0, 0.1) is 28.7 Å². The van der Waals surface area contributed by atoms with E-state index >= 15 is 8.78 Å². The first-order valence-electron chi connectivity index (χ1n) is 29.5. The third kappa shape index (κ3) is 22.2. The maximum Gasteiger partial charge on any atom is 1.00 e. The monoisotopic (exact) mass is 1480 g/mol. The Morgan fingerprint density at radius 2 is 1.49 bits per heavy atom. The van der Waals surface area contributed by atoms with Gasteiger partial charge in [0.1, 0.15) is 36.9 Å². The van der Waals surface area contributed by atoms with Crippen LogP contribution in [-0.4, -0.2) is 126 Å². The van der Waals surface area contributed by atoms with Crippen LogP contribution in [0.5, 0.6) is 0 Å². The number of aryl methyl sites for hydroxylation is 1. The van der Waals surface area contributed by atoms with Gasteiger partial charge in [0.15, 0.2) is 16.5 Å². The summed E-state index contributed by atoms with van der Waals surface area (Å²) in [5, 5.41) is 17.4. The first kappa shape index (κ1) is 80.0. The SMILES string of the molecule is Cn1ccc2c(F)c(Nc3ccc(Br)cc3Cl)c(C(=O)NOCCOC(=O)CC[C@H](NC(=O)[C@H](CCC(=O)NCCNc3nccc(-c4sc(C(C)(C)C)nc4-c4cccc(NS(=O)(=O)c5c(F)cccc5F)c4F)n3)NC(=O)[C@@H](N)CC[C-]=O)C(=O)NCC(C)(C)C)cc21.[Na+].[OH-]. The van der Waals surface area contributed by atoms with Crippen molar-refractivity contribution < 1.29 is 104 Å². The van der Waals surface area contributed by atoms with Crippen LogP contribution in [0.4, 0.5) is 40.6 Å². The number of carbonyl (C=O) groups excluding carboxylic acids is 7. The van der Waals surface area contributed by atoms with Crippen LogP contribution in [0.25, 0.3) is 32.7 Å². The number of hydrogen-bond acceptors (Lipinski definition) is 19. The molecule has 0 aliphatic rings. The minimum atomic E-state index is -4.95. The molecule has 0 fully saturated rings. The fourth-order valence-corrected chi connectivity index (χ4v) is 12.1. The second-order valence-corrected chi connectivity index (χ2v) is 27.7. The van der Waals surface area contributed by atoms with Crippen molar-refractivity contribution in [3.63, 3.8) is 0 Å². The summed E-state index contributed by atoms with van der Waals surface area (Å²) in [5.74, 6) is -9.24. The van der Waals surface area contributed by atoms with E-state index in [1.54, 1.807) is 48.4 Å². The Hall–Kier alpha value is -7.66. The fraction of sp³-hybridized carbons (Fsp3) is 0.365. The molecule has 0 aliphatic carbocycles. The number of benzene rings is 4. The number of sulfonamides is 1. The van der Waals surface area contributed by atoms with Gasteiger partial charge in [-0.15, -0.1) is 11.3 Å². The molecule has 0 spiro atoms. The van der Waals surface area contributed by atoms with Crippen molar-refractivity contribution in [3.05, 3.63) is 129 Å². The number of rotatable bonds is 31. The number of ether oxygens (including phenoxy) is 1. The number of hydroxylamine groups is 1. The molecule has 516 valence electrons. The number of hydrogen-bond donors (Lipinski definition) is 9. The molecule has 0 bridgehead atoms. The second kappa shape index (κ2) is 35.7. The van der Waals surface area contributed by atoms with E-state index in [4.69, 9.17) is 31.9 Å². The quantitative estimate of drug-likeness (QED) is 0.00624. The molecule has 7 aromatic rings. The minimum absolute atomic E-state index is 0. The van der Waals surface area contributed by atoms with Gasteiger partial charge in [0.05, 0.1) is 60.5 Å². The fourth-order valence-electron chi connectivity index (χ4n) is 9.04. The van der Waals surface area contributed by atoms with E-state index in [0.717, 1.165) is 24.3 Å². The first-order chi connectivity index (χ1) is 44.8. The second-order valence-electron chi connectivity index (χ2n) is 23.8. The van der Waals surface area contributed by atoms with Gasteiger partial charge in [0, 0.05) is 72.8 Å². The third-order valence-electron chi connectivity index (χ3n) is 14.0. The van der Waals surface area contributed by atoms with Crippen molar-refractivity contribution in [1.29, 1.82) is 0 Å². The molecule has 3 aromatic heterocycles. The Balaban J connectivity index is 0.00000850. The zero-order valence-electron chi connectivity index (χ0n) is 54.0. The van der Waals surface area contributed by atoms with Crippen LogP contribution < -0.4 is 77.4 Å². The molecule has 11 N–H and O–H groups in total. The summed E-state index contributed by atoms with van der Waals surface area (Å²) >= 11 is 10.9. The van der Waals surface area contributed by atoms with Crippen LogP contribution in [0.1, 0.15) is 95.4 Å². The number of esters is 1. The van der Waals surface area contributed by atoms with Crippen LogP contribution in [0.3, 0.4) is 0 Å². The van der Waals surface area contributed by atoms with Crippen LogP contribution >= 0.6 is 38.9 Å². The van der Waals surface area contributed by atoms with Gasteiger partial charge >= 0.3 is 35.5 Å². The average molecular weight is 1480 g/mol. The van der Waals surface area contributed by atoms with E-state index in [1.807, 2.05) is 46.3 Å². The van der Waals surface area contributed by atoms with E-state index in [9.17, 15) is 50.8 Å². The van der Waals surface area contributed by atoms with Crippen LogP contribution in [0.15, 0.2) is 94.6 Å². The number of nitrogens with two attached hydrogens (primary N) is 1. The van der Waals surface area contributed by atoms with E-state index in [1.165, 1.54) is 41.8 Å². The maximum absolute atomic E-state index is 16.5. The van der Waals surface area contributed by atoms with Gasteiger partial charge in [0.25, 0.3) is 15.9 Å². The molecule has 34 heteroatoms. The van der Waals surface area contributed by atoms with Gasteiger partial charge in [-0.25, -0.2) is 46.4 Å². The Labute approximate surface area is 596 Å². The number of nitrogens with one attached hydrogen (secondary N) is 8. The summed E-state index contributed by atoms with van der Waals surface area (Å²) in [6.07, 6.45) is 2.93. The number of thiazole rings is 1. The smallest absolute Gasteiger partial charge is 0.870 e. The molecular formula is C63H71BrClF4N13NaO12S2-. The van der Waals surface area contributed by atoms with Crippen molar-refractivity contribution in [2.45, 2.75) is 109 Å². The molecule has 3 atom stereocenters. The zero-order valence-corrected chi connectivity index (χ0v) is 60.0.